The molecule has 0 saturated heterocycles. The molecule has 0 aliphatic carbocycles. The van der Waals surface area contributed by atoms with Crippen LogP contribution >= 0.6 is 0 Å². The van der Waals surface area contributed by atoms with Crippen molar-refractivity contribution < 1.29 is 14.3 Å². The number of aryl methyl sites for hydroxylation is 1. The summed E-state index contributed by atoms with van der Waals surface area (Å²) < 4.78 is 8.88. The van der Waals surface area contributed by atoms with E-state index in [0.29, 0.717) is 47.8 Å². The molecule has 1 amide bonds. The van der Waals surface area contributed by atoms with Gasteiger partial charge in [-0.1, -0.05) is 18.2 Å². The number of rotatable bonds is 5. The fourth-order valence-electron chi connectivity index (χ4n) is 4.62. The molecule has 1 aliphatic rings. The number of ketones is 1. The van der Waals surface area contributed by atoms with Gasteiger partial charge < -0.3 is 14.6 Å². The number of para-hydroxylation sites is 1. The second-order valence-electron chi connectivity index (χ2n) is 8.51. The predicted molar refractivity (Wildman–Crippen MR) is 129 cm³/mol. The lowest BCUT2D eigenvalue weighted by Crippen LogP contribution is -2.40. The number of hydrogen-bond acceptors (Lipinski definition) is 7. The molecular weight excluding hydrogens is 460 g/mol. The Labute approximate surface area is 205 Å². The smallest absolute Gasteiger partial charge is 0.295 e. The monoisotopic (exact) mass is 482 g/mol. The molecule has 36 heavy (non-hydrogen) atoms. The summed E-state index contributed by atoms with van der Waals surface area (Å²) in [5.41, 5.74) is 3.69. The molecular formula is C25H22N8O3. The largest absolute Gasteiger partial charge is 0.494 e. The van der Waals surface area contributed by atoms with Gasteiger partial charge in [0.1, 0.15) is 17.9 Å². The SMILES string of the molecule is COc1cnc(-n2cnc(C)n2)c2[nH]cc(C(=O)C(=O)N3CCc4c(cnn4-c4ccccc4)C3)c12. The van der Waals surface area contributed by atoms with Crippen LogP contribution in [0.1, 0.15) is 27.4 Å². The molecule has 180 valence electrons. The fraction of sp³-hybridized carbons (Fsp3) is 0.200. The normalized spacial score (nSPS) is 13.1. The zero-order valence-corrected chi connectivity index (χ0v) is 19.7. The van der Waals surface area contributed by atoms with Crippen LogP contribution in [0, 0.1) is 6.92 Å². The maximum atomic E-state index is 13.4. The number of nitrogens with one attached hydrogen (secondary N) is 1. The molecule has 4 aromatic heterocycles. The summed E-state index contributed by atoms with van der Waals surface area (Å²) in [5, 5.41) is 9.30. The number of amides is 1. The Morgan fingerprint density at radius 1 is 1.11 bits per heavy atom. The van der Waals surface area contributed by atoms with Gasteiger partial charge in [0.2, 0.25) is 0 Å². The lowest BCUT2D eigenvalue weighted by Gasteiger charge is -2.26. The first-order chi connectivity index (χ1) is 17.5. The minimum atomic E-state index is -0.620. The average molecular weight is 483 g/mol. The van der Waals surface area contributed by atoms with Crippen LogP contribution in [0.5, 0.6) is 5.75 Å². The minimum Gasteiger partial charge on any atom is -0.494 e. The highest BCUT2D eigenvalue weighted by Crippen LogP contribution is 2.32. The number of aromatic nitrogens is 7. The van der Waals surface area contributed by atoms with Crippen LogP contribution in [0.25, 0.3) is 22.4 Å². The number of ether oxygens (including phenoxy) is 1. The zero-order valence-electron chi connectivity index (χ0n) is 19.7. The third-order valence-electron chi connectivity index (χ3n) is 6.36. The number of methoxy groups -OCH3 is 1. The zero-order chi connectivity index (χ0) is 24.8. The summed E-state index contributed by atoms with van der Waals surface area (Å²) in [6.45, 7) is 2.51. The number of aromatic amines is 1. The molecule has 5 aromatic rings. The Hall–Kier alpha value is -4.80. The second kappa shape index (κ2) is 8.45. The predicted octanol–water partition coefficient (Wildman–Crippen LogP) is 2.41. The molecule has 0 saturated carbocycles. The molecule has 1 aliphatic heterocycles. The second-order valence-corrected chi connectivity index (χ2v) is 8.51. The first kappa shape index (κ1) is 21.7. The van der Waals surface area contributed by atoms with Crippen LogP contribution in [0.3, 0.4) is 0 Å². The number of H-pyrrole nitrogens is 1. The highest BCUT2D eigenvalue weighted by molar-refractivity contribution is 6.45. The van der Waals surface area contributed by atoms with Crippen LogP contribution in [0.15, 0.2) is 55.2 Å². The molecule has 0 unspecified atom stereocenters. The minimum absolute atomic E-state index is 0.220. The number of hydrogen-bond donors (Lipinski definition) is 1. The van der Waals surface area contributed by atoms with Gasteiger partial charge in [0.05, 0.1) is 47.4 Å². The van der Waals surface area contributed by atoms with E-state index < -0.39 is 11.7 Å². The van der Waals surface area contributed by atoms with Crippen molar-refractivity contribution >= 4 is 22.6 Å². The number of benzene rings is 1. The van der Waals surface area contributed by atoms with Gasteiger partial charge in [-0.25, -0.2) is 19.3 Å². The lowest BCUT2D eigenvalue weighted by atomic mass is 10.0. The Bertz CT molecular complexity index is 1620. The van der Waals surface area contributed by atoms with E-state index in [-0.39, 0.29) is 5.56 Å². The molecule has 6 rings (SSSR count). The Morgan fingerprint density at radius 3 is 2.69 bits per heavy atom. The van der Waals surface area contributed by atoms with Crippen molar-refractivity contribution in [2.24, 2.45) is 0 Å². The number of fused-ring (bicyclic) bond motifs is 2. The molecule has 0 atom stereocenters. The van der Waals surface area contributed by atoms with E-state index in [1.165, 1.54) is 30.5 Å². The summed E-state index contributed by atoms with van der Waals surface area (Å²) in [7, 11) is 1.50. The van der Waals surface area contributed by atoms with Crippen molar-refractivity contribution in [3.8, 4) is 17.3 Å². The Kier molecular flexibility index (Phi) is 5.10. The molecule has 5 heterocycles. The van der Waals surface area contributed by atoms with E-state index in [1.807, 2.05) is 35.0 Å². The summed E-state index contributed by atoms with van der Waals surface area (Å²) in [5.74, 6) is 0.220. The Balaban J connectivity index is 1.31. The summed E-state index contributed by atoms with van der Waals surface area (Å²) in [6, 6.07) is 9.85. The first-order valence-corrected chi connectivity index (χ1v) is 11.4. The molecule has 1 aromatic carbocycles. The quantitative estimate of drug-likeness (QED) is 0.301. The van der Waals surface area contributed by atoms with Crippen LogP contribution in [0.2, 0.25) is 0 Å². The van der Waals surface area contributed by atoms with Gasteiger partial charge in [0.15, 0.2) is 5.82 Å². The van der Waals surface area contributed by atoms with E-state index in [0.717, 1.165) is 16.9 Å². The number of nitrogens with zero attached hydrogens (tertiary/aromatic N) is 7. The standard InChI is InChI=1S/C25H22N8O3/c1-15-28-14-32(30-15)24-22-21(20(36-2)12-27-24)18(11-26-22)23(34)25(35)31-9-8-19-16(13-31)10-29-33(19)17-6-4-3-5-7-17/h3-7,10-12,14,26H,8-9,13H2,1-2H3. The molecule has 0 fully saturated rings. The summed E-state index contributed by atoms with van der Waals surface area (Å²) in [4.78, 5) is 40.0. The first-order valence-electron chi connectivity index (χ1n) is 11.4. The maximum absolute atomic E-state index is 13.4. The van der Waals surface area contributed by atoms with Crippen LogP contribution in [-0.4, -0.2) is 64.8 Å². The number of carbonyl (C=O) groups is 2. The topological polar surface area (TPSA) is 124 Å². The van der Waals surface area contributed by atoms with Gasteiger partial charge in [-0.3, -0.25) is 9.59 Å². The number of carbonyl (C=O) groups excluding carboxylic acids is 2. The van der Waals surface area contributed by atoms with Gasteiger partial charge in [-0.2, -0.15) is 10.2 Å². The van der Waals surface area contributed by atoms with Gasteiger partial charge in [0.25, 0.3) is 11.7 Å². The lowest BCUT2D eigenvalue weighted by molar-refractivity contribution is -0.127. The van der Waals surface area contributed by atoms with Crippen molar-refractivity contribution in [2.75, 3.05) is 13.7 Å². The van der Waals surface area contributed by atoms with Crippen molar-refractivity contribution in [1.82, 2.24) is 39.4 Å². The van der Waals surface area contributed by atoms with Crippen molar-refractivity contribution in [3.63, 3.8) is 0 Å². The van der Waals surface area contributed by atoms with E-state index in [4.69, 9.17) is 4.74 Å². The van der Waals surface area contributed by atoms with Crippen molar-refractivity contribution in [3.05, 3.63) is 77.9 Å². The maximum Gasteiger partial charge on any atom is 0.295 e. The van der Waals surface area contributed by atoms with Crippen LogP contribution in [0.4, 0.5) is 0 Å². The molecule has 0 spiro atoms. The molecule has 11 nitrogen and oxygen atoms in total. The summed E-state index contributed by atoms with van der Waals surface area (Å²) in [6.07, 6.45) is 6.93. The molecule has 1 N–H and O–H groups in total. The molecule has 11 heteroatoms. The molecule has 0 radical (unpaired) electrons. The van der Waals surface area contributed by atoms with E-state index in [1.54, 1.807) is 18.0 Å². The average Bonchev–Trinajstić information content (AvgIpc) is 3.65. The van der Waals surface area contributed by atoms with E-state index in [2.05, 4.69) is 25.1 Å². The number of pyridine rings is 1. The van der Waals surface area contributed by atoms with Crippen molar-refractivity contribution in [2.45, 2.75) is 19.9 Å². The van der Waals surface area contributed by atoms with E-state index >= 15 is 0 Å². The number of Topliss-reactive ketones (excluding diaryl/α,β-unsaturated/α-hetero) is 1. The highest BCUT2D eigenvalue weighted by atomic mass is 16.5. The third-order valence-corrected chi connectivity index (χ3v) is 6.36. The third kappa shape index (κ3) is 3.44. The highest BCUT2D eigenvalue weighted by Gasteiger charge is 2.31. The van der Waals surface area contributed by atoms with E-state index in [9.17, 15) is 9.59 Å². The van der Waals surface area contributed by atoms with Crippen molar-refractivity contribution in [1.29, 1.82) is 0 Å². The summed E-state index contributed by atoms with van der Waals surface area (Å²) >= 11 is 0. The van der Waals surface area contributed by atoms with Gasteiger partial charge in [-0.05, 0) is 19.1 Å². The Morgan fingerprint density at radius 2 is 1.94 bits per heavy atom. The fourth-order valence-corrected chi connectivity index (χ4v) is 4.62. The van der Waals surface area contributed by atoms with Gasteiger partial charge in [0, 0.05) is 31.3 Å². The van der Waals surface area contributed by atoms with Crippen LogP contribution < -0.4 is 4.74 Å². The molecule has 0 bridgehead atoms. The van der Waals surface area contributed by atoms with Crippen LogP contribution in [-0.2, 0) is 17.8 Å². The van der Waals surface area contributed by atoms with Gasteiger partial charge in [-0.15, -0.1) is 0 Å². The van der Waals surface area contributed by atoms with Gasteiger partial charge >= 0.3 is 0 Å².